The van der Waals surface area contributed by atoms with Crippen LogP contribution in [0.3, 0.4) is 0 Å². The van der Waals surface area contributed by atoms with Crippen molar-refractivity contribution in [3.63, 3.8) is 0 Å². The smallest absolute Gasteiger partial charge is 0.219 e. The molecule has 0 aromatic carbocycles. The number of carbonyl (C=O) groups is 2. The van der Waals surface area contributed by atoms with Crippen LogP contribution < -0.4 is 10.6 Å². The van der Waals surface area contributed by atoms with E-state index in [4.69, 9.17) is 0 Å². The molecule has 2 N–H and O–H groups in total. The Hall–Kier alpha value is -1.10. The van der Waals surface area contributed by atoms with Crippen LogP contribution in [0.15, 0.2) is 0 Å². The number of hydrogen-bond donors (Lipinski definition) is 2. The summed E-state index contributed by atoms with van der Waals surface area (Å²) in [4.78, 5) is 25.3. The zero-order valence-electron chi connectivity index (χ0n) is 15.5. The molecule has 0 unspecified atom stereocenters. The second kappa shape index (κ2) is 15.8. The molecule has 5 nitrogen and oxygen atoms in total. The van der Waals surface area contributed by atoms with Crippen LogP contribution in [-0.2, 0) is 9.59 Å². The van der Waals surface area contributed by atoms with Gasteiger partial charge in [-0.15, -0.1) is 0 Å². The van der Waals surface area contributed by atoms with Crippen molar-refractivity contribution in [2.24, 2.45) is 0 Å². The molecule has 0 saturated heterocycles. The summed E-state index contributed by atoms with van der Waals surface area (Å²) in [6.45, 7) is 7.87. The summed E-state index contributed by atoms with van der Waals surface area (Å²) in [6.07, 6.45) is 8.39. The Kier molecular flexibility index (Phi) is 15.0. The molecule has 0 radical (unpaired) electrons. The van der Waals surface area contributed by atoms with Gasteiger partial charge in [0.15, 0.2) is 0 Å². The number of rotatable bonds is 15. The first kappa shape index (κ1) is 21.9. The number of nitrogens with one attached hydrogen (secondary N) is 2. The molecule has 0 bridgehead atoms. The van der Waals surface area contributed by atoms with Crippen LogP contribution in [0.5, 0.6) is 0 Å². The molecule has 23 heavy (non-hydrogen) atoms. The van der Waals surface area contributed by atoms with Crippen LogP contribution in [0.4, 0.5) is 0 Å². The lowest BCUT2D eigenvalue weighted by molar-refractivity contribution is -0.122. The summed E-state index contributed by atoms with van der Waals surface area (Å²) >= 11 is 0. The Morgan fingerprint density at radius 2 is 1.35 bits per heavy atom. The van der Waals surface area contributed by atoms with Gasteiger partial charge >= 0.3 is 0 Å². The highest BCUT2D eigenvalue weighted by atomic mass is 16.2. The van der Waals surface area contributed by atoms with E-state index in [-0.39, 0.29) is 11.8 Å². The summed E-state index contributed by atoms with van der Waals surface area (Å²) in [6, 6.07) is 0. The average molecular weight is 328 g/mol. The van der Waals surface area contributed by atoms with E-state index in [1.807, 2.05) is 6.92 Å². The zero-order valence-corrected chi connectivity index (χ0v) is 15.5. The molecule has 0 heterocycles. The maximum Gasteiger partial charge on any atom is 0.219 e. The molecular weight excluding hydrogens is 290 g/mol. The minimum Gasteiger partial charge on any atom is -0.356 e. The summed E-state index contributed by atoms with van der Waals surface area (Å²) in [5, 5.41) is 5.88. The molecule has 0 aliphatic rings. The number of nitrogens with zero attached hydrogens (tertiary/aromatic N) is 1. The van der Waals surface area contributed by atoms with Gasteiger partial charge in [-0.1, -0.05) is 26.7 Å². The first-order chi connectivity index (χ1) is 11.1. The molecule has 0 aromatic heterocycles. The quantitative estimate of drug-likeness (QED) is 0.455. The minimum absolute atomic E-state index is 0.133. The standard InChI is InChI=1S/C18H37N3O2/c1-4-6-15-21(3)16-10-14-20-18(23)12-8-7-9-13-19-17(22)11-5-2/h4-16H2,1-3H3,(H,19,22)(H,20,23). The third-order valence-corrected chi connectivity index (χ3v) is 3.81. The Morgan fingerprint density at radius 1 is 0.739 bits per heavy atom. The van der Waals surface area contributed by atoms with Gasteiger partial charge in [-0.3, -0.25) is 9.59 Å². The zero-order chi connectivity index (χ0) is 17.3. The number of hydrogen-bond acceptors (Lipinski definition) is 3. The fourth-order valence-corrected chi connectivity index (χ4v) is 2.34. The van der Waals surface area contributed by atoms with Crippen molar-refractivity contribution in [2.45, 2.75) is 71.6 Å². The van der Waals surface area contributed by atoms with Crippen molar-refractivity contribution in [3.8, 4) is 0 Å². The van der Waals surface area contributed by atoms with E-state index in [9.17, 15) is 9.59 Å². The van der Waals surface area contributed by atoms with Gasteiger partial charge in [0.05, 0.1) is 0 Å². The lowest BCUT2D eigenvalue weighted by Gasteiger charge is -2.15. The van der Waals surface area contributed by atoms with Crippen LogP contribution in [0.1, 0.15) is 71.6 Å². The molecule has 0 rings (SSSR count). The van der Waals surface area contributed by atoms with Crippen LogP contribution in [0.25, 0.3) is 0 Å². The summed E-state index contributed by atoms with van der Waals surface area (Å²) < 4.78 is 0. The molecule has 0 saturated carbocycles. The first-order valence-corrected chi connectivity index (χ1v) is 9.32. The van der Waals surface area contributed by atoms with E-state index >= 15 is 0 Å². The van der Waals surface area contributed by atoms with Crippen LogP contribution in [0, 0.1) is 0 Å². The fourth-order valence-electron chi connectivity index (χ4n) is 2.34. The van der Waals surface area contributed by atoms with Gasteiger partial charge in [0.2, 0.25) is 11.8 Å². The van der Waals surface area contributed by atoms with E-state index in [0.29, 0.717) is 12.8 Å². The number of amides is 2. The predicted octanol–water partition coefficient (Wildman–Crippen LogP) is 2.70. The van der Waals surface area contributed by atoms with E-state index < -0.39 is 0 Å². The van der Waals surface area contributed by atoms with E-state index in [2.05, 4.69) is 29.5 Å². The summed E-state index contributed by atoms with van der Waals surface area (Å²) in [7, 11) is 2.14. The SMILES string of the molecule is CCCCN(C)CCCNC(=O)CCCCCNC(=O)CCC. The van der Waals surface area contributed by atoms with Gasteiger partial charge in [0.25, 0.3) is 0 Å². The normalized spacial score (nSPS) is 10.8. The van der Waals surface area contributed by atoms with Crippen molar-refractivity contribution in [1.29, 1.82) is 0 Å². The predicted molar refractivity (Wildman–Crippen MR) is 96.4 cm³/mol. The Bertz CT molecular complexity index is 309. The van der Waals surface area contributed by atoms with Crippen molar-refractivity contribution >= 4 is 11.8 Å². The third-order valence-electron chi connectivity index (χ3n) is 3.81. The molecule has 0 aliphatic heterocycles. The Morgan fingerprint density at radius 3 is 2.00 bits per heavy atom. The second-order valence-corrected chi connectivity index (χ2v) is 6.27. The van der Waals surface area contributed by atoms with Gasteiger partial charge in [-0.2, -0.15) is 0 Å². The van der Waals surface area contributed by atoms with Crippen LogP contribution >= 0.6 is 0 Å². The molecule has 0 aromatic rings. The molecule has 5 heteroatoms. The van der Waals surface area contributed by atoms with E-state index in [0.717, 1.165) is 58.3 Å². The van der Waals surface area contributed by atoms with Crippen molar-refractivity contribution in [1.82, 2.24) is 15.5 Å². The minimum atomic E-state index is 0.133. The molecule has 0 atom stereocenters. The second-order valence-electron chi connectivity index (χ2n) is 6.27. The molecular formula is C18H37N3O2. The fraction of sp³-hybridized carbons (Fsp3) is 0.889. The molecule has 0 fully saturated rings. The van der Waals surface area contributed by atoms with Gasteiger partial charge in [0.1, 0.15) is 0 Å². The summed E-state index contributed by atoms with van der Waals surface area (Å²) in [5.74, 6) is 0.283. The van der Waals surface area contributed by atoms with Gasteiger partial charge in [-0.05, 0) is 52.2 Å². The van der Waals surface area contributed by atoms with Crippen molar-refractivity contribution in [2.75, 3.05) is 33.2 Å². The van der Waals surface area contributed by atoms with E-state index in [1.54, 1.807) is 0 Å². The third kappa shape index (κ3) is 15.6. The van der Waals surface area contributed by atoms with Crippen LogP contribution in [-0.4, -0.2) is 49.9 Å². The maximum atomic E-state index is 11.7. The van der Waals surface area contributed by atoms with Gasteiger partial charge in [-0.25, -0.2) is 0 Å². The number of unbranched alkanes of at least 4 members (excludes halogenated alkanes) is 3. The highest BCUT2D eigenvalue weighted by molar-refractivity contribution is 5.76. The monoisotopic (exact) mass is 327 g/mol. The van der Waals surface area contributed by atoms with Crippen LogP contribution in [0.2, 0.25) is 0 Å². The highest BCUT2D eigenvalue weighted by Gasteiger charge is 2.02. The van der Waals surface area contributed by atoms with E-state index in [1.165, 1.54) is 12.8 Å². The van der Waals surface area contributed by atoms with Gasteiger partial charge < -0.3 is 15.5 Å². The van der Waals surface area contributed by atoms with Crippen molar-refractivity contribution in [3.05, 3.63) is 0 Å². The Labute approximate surface area is 142 Å². The van der Waals surface area contributed by atoms with Gasteiger partial charge in [0, 0.05) is 25.9 Å². The maximum absolute atomic E-state index is 11.7. The average Bonchev–Trinajstić information content (AvgIpc) is 2.53. The Balaban J connectivity index is 3.35. The van der Waals surface area contributed by atoms with Crippen molar-refractivity contribution < 1.29 is 9.59 Å². The molecule has 136 valence electrons. The molecule has 0 aliphatic carbocycles. The number of carbonyl (C=O) groups excluding carboxylic acids is 2. The molecule has 0 spiro atoms. The lowest BCUT2D eigenvalue weighted by atomic mass is 10.2. The highest BCUT2D eigenvalue weighted by Crippen LogP contribution is 1.99. The molecule has 2 amide bonds. The summed E-state index contributed by atoms with van der Waals surface area (Å²) in [5.41, 5.74) is 0. The topological polar surface area (TPSA) is 61.4 Å². The lowest BCUT2D eigenvalue weighted by Crippen LogP contribution is -2.28. The largest absolute Gasteiger partial charge is 0.356 e. The first-order valence-electron chi connectivity index (χ1n) is 9.32.